The maximum Gasteiger partial charge on any atom is 0.224 e. The predicted octanol–water partition coefficient (Wildman–Crippen LogP) is 2.87. The number of nitrogens with one attached hydrogen (secondary N) is 2. The van der Waals surface area contributed by atoms with Gasteiger partial charge < -0.3 is 9.88 Å². The highest BCUT2D eigenvalue weighted by Crippen LogP contribution is 2.20. The van der Waals surface area contributed by atoms with Crippen molar-refractivity contribution in [3.63, 3.8) is 0 Å². The predicted molar refractivity (Wildman–Crippen MR) is 116 cm³/mol. The van der Waals surface area contributed by atoms with Gasteiger partial charge in [-0.3, -0.25) is 4.79 Å². The van der Waals surface area contributed by atoms with E-state index >= 15 is 0 Å². The molecule has 0 aliphatic rings. The Labute approximate surface area is 172 Å². The zero-order valence-corrected chi connectivity index (χ0v) is 17.8. The van der Waals surface area contributed by atoms with Gasteiger partial charge in [0.25, 0.3) is 0 Å². The smallest absolute Gasteiger partial charge is 0.224 e. The molecule has 0 spiro atoms. The number of carbonyl (C=O) groups excluding carboxylic acids is 1. The summed E-state index contributed by atoms with van der Waals surface area (Å²) in [4.78, 5) is 12.5. The number of benzene rings is 2. The van der Waals surface area contributed by atoms with Gasteiger partial charge >= 0.3 is 0 Å². The first kappa shape index (κ1) is 21.1. The summed E-state index contributed by atoms with van der Waals surface area (Å²) in [6.45, 7) is 3.87. The van der Waals surface area contributed by atoms with Gasteiger partial charge in [-0.2, -0.15) is 0 Å². The van der Waals surface area contributed by atoms with Crippen LogP contribution in [-0.4, -0.2) is 24.9 Å². The summed E-state index contributed by atoms with van der Waals surface area (Å²) in [5.41, 5.74) is 3.54. The fraction of sp³-hybridized carbons (Fsp3) is 0.318. The summed E-state index contributed by atoms with van der Waals surface area (Å²) >= 11 is 0. The monoisotopic (exact) mass is 413 g/mol. The highest BCUT2D eigenvalue weighted by Gasteiger charge is 2.16. The molecule has 0 saturated heterocycles. The van der Waals surface area contributed by atoms with Crippen molar-refractivity contribution in [1.82, 2.24) is 14.6 Å². The number of hydrogen-bond acceptors (Lipinski definition) is 3. The Morgan fingerprint density at radius 3 is 2.38 bits per heavy atom. The van der Waals surface area contributed by atoms with Gasteiger partial charge in [0.05, 0.1) is 12.2 Å². The first-order chi connectivity index (χ1) is 13.7. The summed E-state index contributed by atoms with van der Waals surface area (Å²) < 4.78 is 29.1. The van der Waals surface area contributed by atoms with Crippen LogP contribution in [0.5, 0.6) is 0 Å². The summed E-state index contributed by atoms with van der Waals surface area (Å²) in [5.74, 6) is -0.208. The topological polar surface area (TPSA) is 80.2 Å². The molecule has 0 aliphatic heterocycles. The lowest BCUT2D eigenvalue weighted by Crippen LogP contribution is -2.32. The molecule has 6 nitrogen and oxygen atoms in total. The second kappa shape index (κ2) is 8.80. The summed E-state index contributed by atoms with van der Waals surface area (Å²) in [7, 11) is -1.47. The zero-order chi connectivity index (χ0) is 21.0. The van der Waals surface area contributed by atoms with Gasteiger partial charge in [-0.05, 0) is 36.6 Å². The molecule has 0 radical (unpaired) electrons. The highest BCUT2D eigenvalue weighted by atomic mass is 32.2. The molecule has 0 fully saturated rings. The van der Waals surface area contributed by atoms with Gasteiger partial charge in [-0.25, -0.2) is 13.1 Å². The Morgan fingerprint density at radius 1 is 1.00 bits per heavy atom. The van der Waals surface area contributed by atoms with Crippen LogP contribution in [0.25, 0.3) is 10.9 Å². The lowest BCUT2D eigenvalue weighted by atomic mass is 10.1. The average Bonchev–Trinajstić information content (AvgIpc) is 2.95. The SMILES string of the molecule is CC(C)NS(=O)(=O)Cc1ccccc1CNC(=O)Cc1cn(C)c2ccccc12. The minimum Gasteiger partial charge on any atom is -0.352 e. The van der Waals surface area contributed by atoms with Crippen LogP contribution in [0.15, 0.2) is 54.7 Å². The van der Waals surface area contributed by atoms with Crippen molar-refractivity contribution in [3.05, 3.63) is 71.4 Å². The van der Waals surface area contributed by atoms with Crippen LogP contribution in [0.1, 0.15) is 30.5 Å². The number of sulfonamides is 1. The van der Waals surface area contributed by atoms with Crippen LogP contribution < -0.4 is 10.0 Å². The van der Waals surface area contributed by atoms with Crippen LogP contribution in [-0.2, 0) is 40.6 Å². The molecule has 2 N–H and O–H groups in total. The van der Waals surface area contributed by atoms with E-state index in [2.05, 4.69) is 10.0 Å². The zero-order valence-electron chi connectivity index (χ0n) is 17.0. The number of carbonyl (C=O) groups is 1. The second-order valence-corrected chi connectivity index (χ2v) is 9.29. The van der Waals surface area contributed by atoms with Gasteiger partial charge in [-0.15, -0.1) is 0 Å². The van der Waals surface area contributed by atoms with Gasteiger partial charge in [0.15, 0.2) is 0 Å². The van der Waals surface area contributed by atoms with Gasteiger partial charge in [0, 0.05) is 36.7 Å². The normalized spacial score (nSPS) is 11.9. The minimum atomic E-state index is -3.43. The first-order valence-electron chi connectivity index (χ1n) is 9.61. The molecule has 3 rings (SSSR count). The molecule has 29 heavy (non-hydrogen) atoms. The van der Waals surface area contributed by atoms with Gasteiger partial charge in [0.2, 0.25) is 15.9 Å². The maximum atomic E-state index is 12.5. The summed E-state index contributed by atoms with van der Waals surface area (Å²) in [6.07, 6.45) is 2.25. The molecular weight excluding hydrogens is 386 g/mol. The number of fused-ring (bicyclic) bond motifs is 1. The third-order valence-corrected chi connectivity index (χ3v) is 6.21. The lowest BCUT2D eigenvalue weighted by molar-refractivity contribution is -0.120. The number of hydrogen-bond donors (Lipinski definition) is 2. The largest absolute Gasteiger partial charge is 0.352 e. The molecule has 1 heterocycles. The van der Waals surface area contributed by atoms with E-state index in [1.807, 2.05) is 60.3 Å². The first-order valence-corrected chi connectivity index (χ1v) is 11.3. The lowest BCUT2D eigenvalue weighted by Gasteiger charge is -2.13. The van der Waals surface area contributed by atoms with Crippen molar-refractivity contribution >= 4 is 26.8 Å². The quantitative estimate of drug-likeness (QED) is 0.596. The fourth-order valence-electron chi connectivity index (χ4n) is 3.47. The second-order valence-electron chi connectivity index (χ2n) is 7.54. The molecule has 0 saturated carbocycles. The van der Waals surface area contributed by atoms with Crippen molar-refractivity contribution in [2.24, 2.45) is 7.05 Å². The van der Waals surface area contributed by atoms with E-state index in [1.165, 1.54) is 0 Å². The molecule has 3 aromatic rings. The molecule has 154 valence electrons. The minimum absolute atomic E-state index is 0.0979. The number of nitrogens with zero attached hydrogens (tertiary/aromatic N) is 1. The molecule has 7 heteroatoms. The summed E-state index contributed by atoms with van der Waals surface area (Å²) in [5, 5.41) is 3.99. The van der Waals surface area contributed by atoms with E-state index in [0.29, 0.717) is 5.56 Å². The average molecular weight is 414 g/mol. The number of aryl methyl sites for hydroxylation is 1. The molecule has 0 atom stereocenters. The van der Waals surface area contributed by atoms with Crippen LogP contribution >= 0.6 is 0 Å². The molecule has 2 aromatic carbocycles. The third kappa shape index (κ3) is 5.46. The van der Waals surface area contributed by atoms with E-state index in [4.69, 9.17) is 0 Å². The molecule has 0 aliphatic carbocycles. The number of rotatable bonds is 8. The Hall–Kier alpha value is -2.64. The van der Waals surface area contributed by atoms with Crippen molar-refractivity contribution in [1.29, 1.82) is 0 Å². The number of amides is 1. The Balaban J connectivity index is 1.68. The van der Waals surface area contributed by atoms with Crippen LogP contribution in [0.3, 0.4) is 0 Å². The molecule has 1 amide bonds. The maximum absolute atomic E-state index is 12.5. The Bertz CT molecular complexity index is 1120. The van der Waals surface area contributed by atoms with E-state index in [-0.39, 0.29) is 30.7 Å². The van der Waals surface area contributed by atoms with E-state index in [0.717, 1.165) is 22.0 Å². The van der Waals surface area contributed by atoms with Gasteiger partial charge in [0.1, 0.15) is 0 Å². The standard InChI is InChI=1S/C22H27N3O3S/c1-16(2)24-29(27,28)15-18-9-5-4-8-17(18)13-23-22(26)12-19-14-25(3)21-11-7-6-10-20(19)21/h4-11,14,16,24H,12-13,15H2,1-3H3,(H,23,26). The number of para-hydroxylation sites is 1. The number of aromatic nitrogens is 1. The molecular formula is C22H27N3O3S. The van der Waals surface area contributed by atoms with Crippen molar-refractivity contribution in [2.45, 2.75) is 38.6 Å². The highest BCUT2D eigenvalue weighted by molar-refractivity contribution is 7.88. The van der Waals surface area contributed by atoms with E-state index in [1.54, 1.807) is 19.9 Å². The molecule has 0 unspecified atom stereocenters. The van der Waals surface area contributed by atoms with Crippen LogP contribution in [0, 0.1) is 0 Å². The van der Waals surface area contributed by atoms with Crippen LogP contribution in [0.2, 0.25) is 0 Å². The molecule has 1 aromatic heterocycles. The Kier molecular flexibility index (Phi) is 6.39. The third-order valence-electron chi connectivity index (χ3n) is 4.69. The van der Waals surface area contributed by atoms with Gasteiger partial charge in [-0.1, -0.05) is 42.5 Å². The molecule has 0 bridgehead atoms. The van der Waals surface area contributed by atoms with E-state index in [9.17, 15) is 13.2 Å². The van der Waals surface area contributed by atoms with Crippen molar-refractivity contribution in [3.8, 4) is 0 Å². The fourth-order valence-corrected chi connectivity index (χ4v) is 4.96. The van der Waals surface area contributed by atoms with E-state index < -0.39 is 10.0 Å². The van der Waals surface area contributed by atoms with Crippen molar-refractivity contribution in [2.75, 3.05) is 0 Å². The Morgan fingerprint density at radius 2 is 1.66 bits per heavy atom. The summed E-state index contributed by atoms with van der Waals surface area (Å²) in [6, 6.07) is 15.1. The van der Waals surface area contributed by atoms with Crippen molar-refractivity contribution < 1.29 is 13.2 Å². The van der Waals surface area contributed by atoms with Crippen LogP contribution in [0.4, 0.5) is 0 Å².